The zero-order valence-corrected chi connectivity index (χ0v) is 10.2. The summed E-state index contributed by atoms with van der Waals surface area (Å²) in [6, 6.07) is 0. The van der Waals surface area contributed by atoms with Crippen LogP contribution < -0.4 is 5.69 Å². The Morgan fingerprint density at radius 3 is 2.79 bits per heavy atom. The minimum atomic E-state index is -0.524. The van der Waals surface area contributed by atoms with Crippen molar-refractivity contribution in [2.24, 2.45) is 18.9 Å². The van der Waals surface area contributed by atoms with E-state index in [0.717, 1.165) is 17.5 Å². The van der Waals surface area contributed by atoms with Crippen molar-refractivity contribution in [2.75, 3.05) is 0 Å². The Hall–Kier alpha value is -2.25. The fourth-order valence-electron chi connectivity index (χ4n) is 2.64. The van der Waals surface area contributed by atoms with Gasteiger partial charge in [-0.25, -0.2) is 19.0 Å². The number of carbonyl (C=O) groups excluding carboxylic acids is 1. The van der Waals surface area contributed by atoms with Crippen molar-refractivity contribution in [3.05, 3.63) is 22.5 Å². The number of hydrogen-bond donors (Lipinski definition) is 0. The summed E-state index contributed by atoms with van der Waals surface area (Å²) in [6.45, 7) is 0. The molecule has 0 aromatic carbocycles. The van der Waals surface area contributed by atoms with Gasteiger partial charge in [-0.15, -0.1) is 5.10 Å². The smallest absolute Gasteiger partial charge is 0.361 e. The van der Waals surface area contributed by atoms with Gasteiger partial charge in [0.05, 0.1) is 0 Å². The normalized spacial score (nSPS) is 27.7. The fourth-order valence-corrected chi connectivity index (χ4v) is 2.64. The number of fused-ring (bicyclic) bond motifs is 1. The van der Waals surface area contributed by atoms with Crippen molar-refractivity contribution in [3.8, 4) is 0 Å². The molecule has 3 fully saturated rings. The SMILES string of the molecule is Cn1nnc2c(C(=O)OC3C4CC3C4)ncn2c1=O. The second-order valence-corrected chi connectivity index (χ2v) is 5.14. The van der Waals surface area contributed by atoms with E-state index < -0.39 is 11.7 Å². The molecule has 0 radical (unpaired) electrons. The van der Waals surface area contributed by atoms with Crippen LogP contribution in [0.15, 0.2) is 11.1 Å². The molecule has 2 aromatic rings. The number of ether oxygens (including phenoxy) is 1. The van der Waals surface area contributed by atoms with Crippen molar-refractivity contribution in [3.63, 3.8) is 0 Å². The molecule has 19 heavy (non-hydrogen) atoms. The molecule has 5 rings (SSSR count). The fraction of sp³-hybridized carbons (Fsp3) is 0.545. The maximum absolute atomic E-state index is 12.0. The van der Waals surface area contributed by atoms with E-state index in [0.29, 0.717) is 11.8 Å². The molecule has 8 heteroatoms. The van der Waals surface area contributed by atoms with Crippen LogP contribution in [0.1, 0.15) is 23.3 Å². The minimum Gasteiger partial charge on any atom is -0.457 e. The third-order valence-electron chi connectivity index (χ3n) is 4.08. The molecule has 0 N–H and O–H groups in total. The first-order valence-corrected chi connectivity index (χ1v) is 6.13. The molecule has 8 nitrogen and oxygen atoms in total. The monoisotopic (exact) mass is 261 g/mol. The zero-order valence-electron chi connectivity index (χ0n) is 10.2. The Morgan fingerprint density at radius 1 is 1.42 bits per heavy atom. The second kappa shape index (κ2) is 3.40. The van der Waals surface area contributed by atoms with Crippen LogP contribution >= 0.6 is 0 Å². The summed E-state index contributed by atoms with van der Waals surface area (Å²) in [5.74, 6) is 0.507. The van der Waals surface area contributed by atoms with Gasteiger partial charge in [0.25, 0.3) is 0 Å². The van der Waals surface area contributed by atoms with E-state index in [-0.39, 0.29) is 17.4 Å². The summed E-state index contributed by atoms with van der Waals surface area (Å²) in [5, 5.41) is 7.46. The van der Waals surface area contributed by atoms with Crippen LogP contribution in [0.25, 0.3) is 5.65 Å². The molecule has 0 spiro atoms. The first kappa shape index (κ1) is 10.7. The number of imidazole rings is 1. The molecular weight excluding hydrogens is 250 g/mol. The van der Waals surface area contributed by atoms with Crippen LogP contribution in [0.5, 0.6) is 0 Å². The van der Waals surface area contributed by atoms with E-state index in [9.17, 15) is 9.59 Å². The average molecular weight is 261 g/mol. The number of aromatic nitrogens is 5. The molecule has 0 saturated heterocycles. The number of esters is 1. The summed E-state index contributed by atoms with van der Waals surface area (Å²) >= 11 is 0. The Labute approximate surface area is 107 Å². The van der Waals surface area contributed by atoms with Crippen molar-refractivity contribution in [1.82, 2.24) is 24.4 Å². The Kier molecular flexibility index (Phi) is 1.91. The summed E-state index contributed by atoms with van der Waals surface area (Å²) in [6.07, 6.45) is 3.61. The molecule has 0 aliphatic heterocycles. The molecule has 98 valence electrons. The lowest BCUT2D eigenvalue weighted by Gasteiger charge is -2.56. The standard InChI is InChI=1S/C11H11N5O3/c1-15-11(18)16-4-12-7(9(16)13-14-15)10(17)19-8-5-2-6(8)3-5/h4-6,8H,2-3H2,1H3. The molecular formula is C11H11N5O3. The molecule has 2 heterocycles. The average Bonchev–Trinajstić information content (AvgIpc) is 2.72. The summed E-state index contributed by atoms with van der Waals surface area (Å²) in [5.41, 5.74) is -0.208. The molecule has 0 unspecified atom stereocenters. The Morgan fingerprint density at radius 2 is 2.16 bits per heavy atom. The van der Waals surface area contributed by atoms with Gasteiger partial charge in [0.15, 0.2) is 11.3 Å². The quantitative estimate of drug-likeness (QED) is 0.670. The van der Waals surface area contributed by atoms with Crippen LogP contribution in [0, 0.1) is 11.8 Å². The molecule has 3 aliphatic rings. The van der Waals surface area contributed by atoms with Crippen LogP contribution in [-0.2, 0) is 11.8 Å². The minimum absolute atomic E-state index is 0.0313. The van der Waals surface area contributed by atoms with E-state index in [4.69, 9.17) is 4.74 Å². The van der Waals surface area contributed by atoms with Crippen LogP contribution in [0.4, 0.5) is 0 Å². The molecule has 0 amide bonds. The van der Waals surface area contributed by atoms with Gasteiger partial charge in [-0.05, 0) is 24.7 Å². The molecule has 2 aromatic heterocycles. The van der Waals surface area contributed by atoms with Crippen LogP contribution in [-0.4, -0.2) is 36.5 Å². The highest BCUT2D eigenvalue weighted by molar-refractivity contribution is 5.93. The molecule has 0 atom stereocenters. The lowest BCUT2D eigenvalue weighted by atomic mass is 9.53. The van der Waals surface area contributed by atoms with Gasteiger partial charge < -0.3 is 4.74 Å². The van der Waals surface area contributed by atoms with Crippen LogP contribution in [0.2, 0.25) is 0 Å². The number of hydrogen-bond acceptors (Lipinski definition) is 6. The maximum Gasteiger partial charge on any atom is 0.361 e. The van der Waals surface area contributed by atoms with Crippen molar-refractivity contribution in [2.45, 2.75) is 18.9 Å². The third kappa shape index (κ3) is 1.31. The van der Waals surface area contributed by atoms with Gasteiger partial charge in [-0.2, -0.15) is 4.68 Å². The van der Waals surface area contributed by atoms with E-state index in [1.54, 1.807) is 0 Å². The van der Waals surface area contributed by atoms with Crippen molar-refractivity contribution >= 4 is 11.6 Å². The van der Waals surface area contributed by atoms with Gasteiger partial charge in [0.2, 0.25) is 0 Å². The second-order valence-electron chi connectivity index (χ2n) is 5.14. The number of aryl methyl sites for hydroxylation is 1. The largest absolute Gasteiger partial charge is 0.457 e. The van der Waals surface area contributed by atoms with Crippen LogP contribution in [0.3, 0.4) is 0 Å². The molecule has 2 bridgehead atoms. The Balaban J connectivity index is 1.69. The van der Waals surface area contributed by atoms with E-state index in [1.165, 1.54) is 17.8 Å². The van der Waals surface area contributed by atoms with Gasteiger partial charge >= 0.3 is 11.7 Å². The molecule has 3 aliphatic carbocycles. The summed E-state index contributed by atoms with van der Waals surface area (Å²) < 4.78 is 7.64. The zero-order chi connectivity index (χ0) is 13.1. The predicted octanol–water partition coefficient (Wildman–Crippen LogP) is -0.612. The lowest BCUT2D eigenvalue weighted by molar-refractivity contribution is -0.155. The third-order valence-corrected chi connectivity index (χ3v) is 4.08. The number of rotatable bonds is 2. The maximum atomic E-state index is 12.0. The predicted molar refractivity (Wildman–Crippen MR) is 61.4 cm³/mol. The highest BCUT2D eigenvalue weighted by atomic mass is 16.5. The topological polar surface area (TPSA) is 91.4 Å². The first-order chi connectivity index (χ1) is 9.15. The van der Waals surface area contributed by atoms with E-state index in [1.807, 2.05) is 0 Å². The van der Waals surface area contributed by atoms with E-state index >= 15 is 0 Å². The first-order valence-electron chi connectivity index (χ1n) is 6.13. The highest BCUT2D eigenvalue weighted by Gasteiger charge is 2.55. The lowest BCUT2D eigenvalue weighted by Crippen LogP contribution is -2.57. The Bertz CT molecular complexity index is 734. The van der Waals surface area contributed by atoms with Crippen molar-refractivity contribution < 1.29 is 9.53 Å². The highest BCUT2D eigenvalue weighted by Crippen LogP contribution is 2.55. The van der Waals surface area contributed by atoms with Gasteiger partial charge in [-0.1, -0.05) is 5.21 Å². The van der Waals surface area contributed by atoms with Gasteiger partial charge in [0.1, 0.15) is 12.4 Å². The summed E-state index contributed by atoms with van der Waals surface area (Å²) in [7, 11) is 1.48. The van der Waals surface area contributed by atoms with E-state index in [2.05, 4.69) is 15.3 Å². The van der Waals surface area contributed by atoms with Gasteiger partial charge in [-0.3, -0.25) is 0 Å². The number of nitrogens with zero attached hydrogens (tertiary/aromatic N) is 5. The molecule has 3 saturated carbocycles. The van der Waals surface area contributed by atoms with Crippen molar-refractivity contribution in [1.29, 1.82) is 0 Å². The van der Waals surface area contributed by atoms with Gasteiger partial charge in [0, 0.05) is 7.05 Å². The summed E-state index contributed by atoms with van der Waals surface area (Å²) in [4.78, 5) is 27.7. The number of carbonyl (C=O) groups is 1.